The van der Waals surface area contributed by atoms with Crippen molar-refractivity contribution in [1.29, 1.82) is 0 Å². The van der Waals surface area contributed by atoms with E-state index in [1.807, 2.05) is 30.5 Å². The molecule has 3 heterocycles. The summed E-state index contributed by atoms with van der Waals surface area (Å²) in [4.78, 5) is 25.8. The van der Waals surface area contributed by atoms with E-state index in [0.29, 0.717) is 41.6 Å². The summed E-state index contributed by atoms with van der Waals surface area (Å²) in [6.45, 7) is 4.45. The van der Waals surface area contributed by atoms with Gasteiger partial charge in [-0.2, -0.15) is 0 Å². The first kappa shape index (κ1) is 22.6. The van der Waals surface area contributed by atoms with Gasteiger partial charge in [0.15, 0.2) is 15.5 Å². The lowest BCUT2D eigenvalue weighted by atomic mass is 10.1. The normalized spacial score (nSPS) is 15.0. The number of amides is 1. The molecule has 1 aliphatic rings. The average Bonchev–Trinajstić information content (AvgIpc) is 3.28. The number of H-pyrrole nitrogens is 1. The van der Waals surface area contributed by atoms with Gasteiger partial charge < -0.3 is 19.9 Å². The molecule has 35 heavy (non-hydrogen) atoms. The largest absolute Gasteiger partial charge is 0.437 e. The van der Waals surface area contributed by atoms with Crippen LogP contribution in [-0.2, 0) is 14.6 Å². The first-order valence-corrected chi connectivity index (χ1v) is 12.8. The Labute approximate surface area is 202 Å². The molecule has 0 unspecified atom stereocenters. The molecule has 2 aromatic carbocycles. The zero-order chi connectivity index (χ0) is 24.4. The highest BCUT2D eigenvalue weighted by atomic mass is 32.2. The van der Waals surface area contributed by atoms with Crippen LogP contribution < -0.4 is 15.0 Å². The average molecular weight is 490 g/mol. The summed E-state index contributed by atoms with van der Waals surface area (Å²) in [6, 6.07) is 14.9. The number of hydrogen-bond acceptors (Lipinski definition) is 7. The molecule has 2 N–H and O–H groups in total. The van der Waals surface area contributed by atoms with Crippen LogP contribution in [0.3, 0.4) is 0 Å². The lowest BCUT2D eigenvalue weighted by molar-refractivity contribution is -0.111. The molecule has 1 saturated heterocycles. The molecule has 0 radical (unpaired) electrons. The van der Waals surface area contributed by atoms with Crippen molar-refractivity contribution in [3.63, 3.8) is 0 Å². The van der Waals surface area contributed by atoms with E-state index in [1.54, 1.807) is 24.3 Å². The quantitative estimate of drug-likeness (QED) is 0.396. The molecule has 1 amide bonds. The van der Waals surface area contributed by atoms with E-state index in [2.05, 4.69) is 31.7 Å². The van der Waals surface area contributed by atoms with Gasteiger partial charge in [-0.15, -0.1) is 0 Å². The molecule has 4 aromatic rings. The van der Waals surface area contributed by atoms with Gasteiger partial charge in [0.25, 0.3) is 0 Å². The number of sulfone groups is 1. The van der Waals surface area contributed by atoms with E-state index < -0.39 is 9.84 Å². The van der Waals surface area contributed by atoms with Gasteiger partial charge in [-0.05, 0) is 35.9 Å². The molecule has 0 atom stereocenters. The number of carbonyl (C=O) groups is 1. The minimum Gasteiger partial charge on any atom is -0.437 e. The highest BCUT2D eigenvalue weighted by molar-refractivity contribution is 7.91. The Bertz CT molecular complexity index is 1500. The van der Waals surface area contributed by atoms with Crippen molar-refractivity contribution >= 4 is 38.3 Å². The van der Waals surface area contributed by atoms with Crippen LogP contribution in [0, 0.1) is 0 Å². The second kappa shape index (κ2) is 9.22. The van der Waals surface area contributed by atoms with Gasteiger partial charge in [0.05, 0.1) is 17.7 Å². The van der Waals surface area contributed by atoms with E-state index in [0.717, 1.165) is 16.8 Å². The van der Waals surface area contributed by atoms with Crippen LogP contribution in [-0.4, -0.2) is 53.9 Å². The van der Waals surface area contributed by atoms with Crippen molar-refractivity contribution in [3.05, 3.63) is 73.6 Å². The minimum atomic E-state index is -2.92. The van der Waals surface area contributed by atoms with Gasteiger partial charge in [0.2, 0.25) is 11.8 Å². The van der Waals surface area contributed by atoms with Crippen LogP contribution in [0.15, 0.2) is 73.6 Å². The number of ether oxygens (including phenoxy) is 1. The van der Waals surface area contributed by atoms with Gasteiger partial charge in [0, 0.05) is 42.3 Å². The SMILES string of the molecule is C=CC(=O)Nc1cccc(Oc2cnc3[nH]cc(-c4ccc(N5CCS(=O)(=O)CC5)cc4)c3n2)c1. The minimum absolute atomic E-state index is 0.180. The van der Waals surface area contributed by atoms with Crippen LogP contribution >= 0.6 is 0 Å². The molecular weight excluding hydrogens is 466 g/mol. The molecule has 2 aromatic heterocycles. The van der Waals surface area contributed by atoms with E-state index in [4.69, 9.17) is 4.74 Å². The van der Waals surface area contributed by atoms with Gasteiger partial charge >= 0.3 is 0 Å². The Morgan fingerprint density at radius 1 is 1.14 bits per heavy atom. The Balaban J connectivity index is 1.37. The van der Waals surface area contributed by atoms with Crippen molar-refractivity contribution in [2.75, 3.05) is 34.8 Å². The van der Waals surface area contributed by atoms with Crippen molar-refractivity contribution in [2.45, 2.75) is 0 Å². The number of nitrogens with zero attached hydrogens (tertiary/aromatic N) is 3. The Hall–Kier alpha value is -4.18. The van der Waals surface area contributed by atoms with Crippen LogP contribution in [0.5, 0.6) is 11.6 Å². The summed E-state index contributed by atoms with van der Waals surface area (Å²) in [5.41, 5.74) is 4.68. The lowest BCUT2D eigenvalue weighted by Gasteiger charge is -2.28. The predicted octanol–water partition coefficient (Wildman–Crippen LogP) is 3.78. The third-order valence-electron chi connectivity index (χ3n) is 5.76. The van der Waals surface area contributed by atoms with Crippen molar-refractivity contribution in [3.8, 4) is 22.8 Å². The van der Waals surface area contributed by atoms with Gasteiger partial charge in [-0.3, -0.25) is 4.79 Å². The maximum atomic E-state index is 11.7. The maximum Gasteiger partial charge on any atom is 0.247 e. The molecular formula is C25H23N5O4S. The monoisotopic (exact) mass is 489 g/mol. The van der Waals surface area contributed by atoms with E-state index in [1.165, 1.54) is 12.3 Å². The lowest BCUT2D eigenvalue weighted by Crippen LogP contribution is -2.40. The fourth-order valence-electron chi connectivity index (χ4n) is 3.92. The van der Waals surface area contributed by atoms with E-state index in [9.17, 15) is 13.2 Å². The van der Waals surface area contributed by atoms with Crippen molar-refractivity contribution in [1.82, 2.24) is 15.0 Å². The molecule has 0 aliphatic carbocycles. The molecule has 1 fully saturated rings. The highest BCUT2D eigenvalue weighted by Crippen LogP contribution is 2.31. The Kier molecular flexibility index (Phi) is 5.96. The summed E-state index contributed by atoms with van der Waals surface area (Å²) in [6.07, 6.45) is 4.58. The summed E-state index contributed by atoms with van der Waals surface area (Å²) in [5.74, 6) is 0.872. The number of benzene rings is 2. The molecule has 0 spiro atoms. The maximum absolute atomic E-state index is 11.7. The number of carbonyl (C=O) groups excluding carboxylic acids is 1. The summed E-state index contributed by atoms with van der Waals surface area (Å²) in [5, 5.41) is 2.69. The fourth-order valence-corrected chi connectivity index (χ4v) is 5.12. The summed E-state index contributed by atoms with van der Waals surface area (Å²) in [7, 11) is -2.92. The molecule has 178 valence electrons. The zero-order valence-corrected chi connectivity index (χ0v) is 19.6. The first-order valence-electron chi connectivity index (χ1n) is 11.0. The van der Waals surface area contributed by atoms with Gasteiger partial charge in [-0.25, -0.2) is 18.4 Å². The number of aromatic amines is 1. The van der Waals surface area contributed by atoms with Crippen molar-refractivity contribution in [2.24, 2.45) is 0 Å². The summed E-state index contributed by atoms with van der Waals surface area (Å²) >= 11 is 0. The van der Waals surface area contributed by atoms with Gasteiger partial charge in [-0.1, -0.05) is 24.8 Å². The second-order valence-corrected chi connectivity index (χ2v) is 10.4. The number of rotatable bonds is 6. The highest BCUT2D eigenvalue weighted by Gasteiger charge is 2.22. The molecule has 10 heteroatoms. The van der Waals surface area contributed by atoms with E-state index in [-0.39, 0.29) is 17.4 Å². The van der Waals surface area contributed by atoms with Crippen LogP contribution in [0.25, 0.3) is 22.3 Å². The fraction of sp³-hybridized carbons (Fsp3) is 0.160. The molecule has 9 nitrogen and oxygen atoms in total. The molecule has 0 bridgehead atoms. The predicted molar refractivity (Wildman–Crippen MR) is 136 cm³/mol. The number of fused-ring (bicyclic) bond motifs is 1. The zero-order valence-electron chi connectivity index (χ0n) is 18.8. The topological polar surface area (TPSA) is 117 Å². The third kappa shape index (κ3) is 5.02. The third-order valence-corrected chi connectivity index (χ3v) is 7.37. The molecule has 0 saturated carbocycles. The smallest absolute Gasteiger partial charge is 0.247 e. The first-order chi connectivity index (χ1) is 16.9. The number of hydrogen-bond donors (Lipinski definition) is 2. The number of nitrogens with one attached hydrogen (secondary N) is 2. The standard InChI is InChI=1S/C25H23N5O4S/c1-2-22(31)28-18-4-3-5-20(14-18)34-23-16-27-25-24(29-23)21(15-26-25)17-6-8-19(9-7-17)30-10-12-35(32,33)13-11-30/h2-9,14-16H,1,10-13H2,(H,26,27)(H,28,31). The van der Waals surface area contributed by atoms with Crippen molar-refractivity contribution < 1.29 is 17.9 Å². The molecule has 1 aliphatic heterocycles. The van der Waals surface area contributed by atoms with E-state index >= 15 is 0 Å². The van der Waals surface area contributed by atoms with Crippen LogP contribution in [0.2, 0.25) is 0 Å². The summed E-state index contributed by atoms with van der Waals surface area (Å²) < 4.78 is 29.3. The number of aromatic nitrogens is 3. The number of anilines is 2. The van der Waals surface area contributed by atoms with Crippen LogP contribution in [0.4, 0.5) is 11.4 Å². The Morgan fingerprint density at radius 2 is 1.91 bits per heavy atom. The molecule has 5 rings (SSSR count). The van der Waals surface area contributed by atoms with Crippen LogP contribution in [0.1, 0.15) is 0 Å². The second-order valence-electron chi connectivity index (χ2n) is 8.12. The Morgan fingerprint density at radius 3 is 2.66 bits per heavy atom. The van der Waals surface area contributed by atoms with Gasteiger partial charge in [0.1, 0.15) is 11.3 Å².